The normalized spacial score (nSPS) is 20.2. The zero-order chi connectivity index (χ0) is 22.4. The van der Waals surface area contributed by atoms with Gasteiger partial charge in [-0.1, -0.05) is 23.8 Å². The van der Waals surface area contributed by atoms with Crippen LogP contribution in [-0.4, -0.2) is 34.0 Å². The summed E-state index contributed by atoms with van der Waals surface area (Å²) in [6.45, 7) is 2.32. The maximum atomic E-state index is 13.1. The minimum atomic E-state index is -0.472. The van der Waals surface area contributed by atoms with Gasteiger partial charge in [-0.25, -0.2) is 0 Å². The Morgan fingerprint density at radius 2 is 1.97 bits per heavy atom. The Morgan fingerprint density at radius 1 is 1.19 bits per heavy atom. The summed E-state index contributed by atoms with van der Waals surface area (Å²) in [6.07, 6.45) is 0.449. The number of hydrogen-bond donors (Lipinski definition) is 2. The van der Waals surface area contributed by atoms with Crippen LogP contribution in [0.25, 0.3) is 0 Å². The number of amides is 3. The monoisotopic (exact) mass is 449 g/mol. The number of carbonyl (C=O) groups is 3. The first kappa shape index (κ1) is 20.4. The van der Waals surface area contributed by atoms with Crippen LogP contribution in [0, 0.1) is 12.8 Å². The molecule has 5 rings (SSSR count). The smallest absolute Gasteiger partial charge is 0.231 e. The molecule has 2 aliphatic rings. The first-order chi connectivity index (χ1) is 15.4. The highest BCUT2D eigenvalue weighted by atomic mass is 32.1. The number of benzene rings is 1. The molecule has 0 spiro atoms. The molecule has 9 heteroatoms. The highest BCUT2D eigenvalue weighted by Gasteiger charge is 2.38. The van der Waals surface area contributed by atoms with Crippen molar-refractivity contribution in [2.45, 2.75) is 25.7 Å². The van der Waals surface area contributed by atoms with E-state index in [-0.39, 0.29) is 30.1 Å². The van der Waals surface area contributed by atoms with Gasteiger partial charge in [-0.3, -0.25) is 19.1 Å². The molecule has 0 unspecified atom stereocenters. The van der Waals surface area contributed by atoms with Crippen LogP contribution >= 0.6 is 11.3 Å². The van der Waals surface area contributed by atoms with Crippen LogP contribution in [0.15, 0.2) is 41.8 Å². The highest BCUT2D eigenvalue weighted by Crippen LogP contribution is 2.43. The van der Waals surface area contributed by atoms with E-state index < -0.39 is 5.92 Å². The molecule has 2 atom stereocenters. The van der Waals surface area contributed by atoms with Gasteiger partial charge < -0.3 is 15.5 Å². The van der Waals surface area contributed by atoms with Gasteiger partial charge in [0.2, 0.25) is 17.7 Å². The van der Waals surface area contributed by atoms with Crippen LogP contribution in [0.1, 0.15) is 34.8 Å². The molecule has 0 saturated carbocycles. The third-order valence-electron chi connectivity index (χ3n) is 6.05. The summed E-state index contributed by atoms with van der Waals surface area (Å²) in [5, 5.41) is 12.3. The topological polar surface area (TPSA) is 96.3 Å². The van der Waals surface area contributed by atoms with Crippen LogP contribution in [0.2, 0.25) is 0 Å². The van der Waals surface area contributed by atoms with E-state index in [1.54, 1.807) is 28.0 Å². The third-order valence-corrected chi connectivity index (χ3v) is 7.04. The zero-order valence-electron chi connectivity index (χ0n) is 17.8. The standard InChI is InChI=1S/C23H23N5O3S/c1-13-5-7-15(8-6-13)28-12-14(10-19(28)30)23(31)25-21-20-16(17-4-3-9-32-17)11-18(29)24-22(20)27(2)26-21/h3-9,14,16H,10-12H2,1-2H3,(H,24,29)(H,25,26,31)/t14-,16+/m0/s1. The number of aryl methyl sites for hydroxylation is 2. The molecule has 2 N–H and O–H groups in total. The fourth-order valence-electron chi connectivity index (χ4n) is 4.39. The van der Waals surface area contributed by atoms with Crippen molar-refractivity contribution in [3.8, 4) is 0 Å². The van der Waals surface area contributed by atoms with Crippen LogP contribution in [0.4, 0.5) is 17.3 Å². The summed E-state index contributed by atoms with van der Waals surface area (Å²) in [7, 11) is 1.74. The lowest BCUT2D eigenvalue weighted by Crippen LogP contribution is -2.29. The van der Waals surface area contributed by atoms with Crippen molar-refractivity contribution in [2.24, 2.45) is 13.0 Å². The van der Waals surface area contributed by atoms with E-state index in [9.17, 15) is 14.4 Å². The van der Waals surface area contributed by atoms with Crippen LogP contribution in [0.3, 0.4) is 0 Å². The van der Waals surface area contributed by atoms with Crippen molar-refractivity contribution >= 4 is 46.4 Å². The summed E-state index contributed by atoms with van der Waals surface area (Å²) in [5.74, 6) is 0.00564. The molecule has 1 fully saturated rings. The molecule has 1 saturated heterocycles. The van der Waals surface area contributed by atoms with Crippen molar-refractivity contribution in [1.82, 2.24) is 9.78 Å². The molecular weight excluding hydrogens is 426 g/mol. The first-order valence-corrected chi connectivity index (χ1v) is 11.4. The molecule has 2 aliphatic heterocycles. The lowest BCUT2D eigenvalue weighted by molar-refractivity contribution is -0.122. The van der Waals surface area contributed by atoms with Gasteiger partial charge in [0.1, 0.15) is 5.82 Å². The largest absolute Gasteiger partial charge is 0.312 e. The first-order valence-electron chi connectivity index (χ1n) is 10.5. The van der Waals surface area contributed by atoms with E-state index in [2.05, 4.69) is 15.7 Å². The number of nitrogens with one attached hydrogen (secondary N) is 2. The van der Waals surface area contributed by atoms with Crippen molar-refractivity contribution in [3.05, 3.63) is 57.8 Å². The van der Waals surface area contributed by atoms with E-state index in [0.717, 1.165) is 21.7 Å². The Bertz CT molecular complexity index is 1200. The van der Waals surface area contributed by atoms with E-state index >= 15 is 0 Å². The Labute approximate surface area is 189 Å². The van der Waals surface area contributed by atoms with Gasteiger partial charge in [0.15, 0.2) is 5.82 Å². The second-order valence-electron chi connectivity index (χ2n) is 8.28. The molecule has 0 radical (unpaired) electrons. The average molecular weight is 450 g/mol. The van der Waals surface area contributed by atoms with Crippen molar-refractivity contribution in [1.29, 1.82) is 0 Å². The quantitative estimate of drug-likeness (QED) is 0.639. The molecule has 8 nitrogen and oxygen atoms in total. The van der Waals surface area contributed by atoms with Crippen molar-refractivity contribution < 1.29 is 14.4 Å². The van der Waals surface area contributed by atoms with Gasteiger partial charge in [0.05, 0.1) is 5.92 Å². The molecule has 3 amide bonds. The lowest BCUT2D eigenvalue weighted by Gasteiger charge is -2.23. The van der Waals surface area contributed by atoms with Gasteiger partial charge in [-0.05, 0) is 30.5 Å². The molecular formula is C23H23N5O3S. The molecule has 3 aromatic rings. The minimum Gasteiger partial charge on any atom is -0.312 e. The molecule has 32 heavy (non-hydrogen) atoms. The van der Waals surface area contributed by atoms with Crippen molar-refractivity contribution in [2.75, 3.05) is 22.1 Å². The van der Waals surface area contributed by atoms with E-state index in [1.807, 2.05) is 48.7 Å². The lowest BCUT2D eigenvalue weighted by atomic mass is 9.91. The highest BCUT2D eigenvalue weighted by molar-refractivity contribution is 7.10. The van der Waals surface area contributed by atoms with Gasteiger partial charge in [-0.15, -0.1) is 11.3 Å². The molecule has 0 bridgehead atoms. The minimum absolute atomic E-state index is 0.0687. The number of anilines is 3. The summed E-state index contributed by atoms with van der Waals surface area (Å²) < 4.78 is 1.58. The van der Waals surface area contributed by atoms with Crippen LogP contribution in [-0.2, 0) is 21.4 Å². The predicted octanol–water partition coefficient (Wildman–Crippen LogP) is 3.26. The second-order valence-corrected chi connectivity index (χ2v) is 9.26. The van der Waals surface area contributed by atoms with E-state index in [4.69, 9.17) is 0 Å². The number of thiophene rings is 1. The van der Waals surface area contributed by atoms with Gasteiger partial charge in [0, 0.05) is 48.5 Å². The molecule has 0 aliphatic carbocycles. The molecule has 4 heterocycles. The Balaban J connectivity index is 1.39. The molecule has 1 aromatic carbocycles. The fraction of sp³-hybridized carbons (Fsp3) is 0.304. The zero-order valence-corrected chi connectivity index (χ0v) is 18.6. The second kappa shape index (κ2) is 7.90. The van der Waals surface area contributed by atoms with E-state index in [0.29, 0.717) is 24.6 Å². The number of carbonyl (C=O) groups excluding carboxylic acids is 3. The maximum absolute atomic E-state index is 13.1. The SMILES string of the molecule is Cc1ccc(N2C[C@@H](C(=O)Nc3nn(C)c4c3[C@@H](c3cccs3)CC(=O)N4)CC2=O)cc1. The summed E-state index contributed by atoms with van der Waals surface area (Å²) in [5.41, 5.74) is 2.72. The number of fused-ring (bicyclic) bond motifs is 1. The predicted molar refractivity (Wildman–Crippen MR) is 123 cm³/mol. The van der Waals surface area contributed by atoms with E-state index in [1.165, 1.54) is 0 Å². The van der Waals surface area contributed by atoms with Gasteiger partial charge >= 0.3 is 0 Å². The molecule has 2 aromatic heterocycles. The Kier molecular flexibility index (Phi) is 5.05. The van der Waals surface area contributed by atoms with Gasteiger partial charge in [-0.2, -0.15) is 5.10 Å². The summed E-state index contributed by atoms with van der Waals surface area (Å²) in [6, 6.07) is 11.6. The third kappa shape index (κ3) is 3.58. The van der Waals surface area contributed by atoms with Crippen LogP contribution < -0.4 is 15.5 Å². The summed E-state index contributed by atoms with van der Waals surface area (Å²) >= 11 is 1.58. The Morgan fingerprint density at radius 3 is 2.69 bits per heavy atom. The summed E-state index contributed by atoms with van der Waals surface area (Å²) in [4.78, 5) is 40.7. The van der Waals surface area contributed by atoms with Gasteiger partial charge in [0.25, 0.3) is 0 Å². The Hall–Kier alpha value is -3.46. The number of aromatic nitrogens is 2. The average Bonchev–Trinajstić information content (AvgIpc) is 3.49. The maximum Gasteiger partial charge on any atom is 0.231 e. The number of nitrogens with zero attached hydrogens (tertiary/aromatic N) is 3. The number of hydrogen-bond acceptors (Lipinski definition) is 5. The number of rotatable bonds is 4. The van der Waals surface area contributed by atoms with Crippen molar-refractivity contribution in [3.63, 3.8) is 0 Å². The molecule has 164 valence electrons. The van der Waals surface area contributed by atoms with Crippen LogP contribution in [0.5, 0.6) is 0 Å². The fourth-order valence-corrected chi connectivity index (χ4v) is 5.23.